The van der Waals surface area contributed by atoms with Crippen molar-refractivity contribution < 1.29 is 22.8 Å². The summed E-state index contributed by atoms with van der Waals surface area (Å²) in [7, 11) is 0. The number of halogens is 3. The number of alkyl halides is 3. The topological polar surface area (TPSA) is 52.7 Å². The van der Waals surface area contributed by atoms with Gasteiger partial charge in [0, 0.05) is 19.0 Å². The molecule has 1 rings (SSSR count). The number of hydrogen-bond donors (Lipinski definition) is 1. The number of likely N-dealkylation sites (tertiary alicyclic amines) is 1. The van der Waals surface area contributed by atoms with Gasteiger partial charge in [-0.3, -0.25) is 14.5 Å². The summed E-state index contributed by atoms with van der Waals surface area (Å²) in [6.45, 7) is 5.97. The molecule has 0 atom stereocenters. The van der Waals surface area contributed by atoms with Gasteiger partial charge in [0.1, 0.15) is 6.54 Å². The predicted molar refractivity (Wildman–Crippen MR) is 85.3 cm³/mol. The van der Waals surface area contributed by atoms with Crippen LogP contribution in [0.5, 0.6) is 0 Å². The third kappa shape index (κ3) is 7.51. The SMILES string of the molecule is CCNC(=O)C1CCN(CC(=O)N(CC(C)C)CC(F)(F)F)CC1. The number of amides is 2. The van der Waals surface area contributed by atoms with Crippen molar-refractivity contribution in [3.8, 4) is 0 Å². The van der Waals surface area contributed by atoms with Crippen LogP contribution in [0.15, 0.2) is 0 Å². The average molecular weight is 351 g/mol. The Morgan fingerprint density at radius 2 is 1.83 bits per heavy atom. The number of carbonyl (C=O) groups is 2. The van der Waals surface area contributed by atoms with Crippen LogP contribution in [0.25, 0.3) is 0 Å². The van der Waals surface area contributed by atoms with Crippen molar-refractivity contribution in [1.82, 2.24) is 15.1 Å². The lowest BCUT2D eigenvalue weighted by molar-refractivity contribution is -0.163. The van der Waals surface area contributed by atoms with Crippen molar-refractivity contribution in [2.24, 2.45) is 11.8 Å². The molecule has 0 spiro atoms. The van der Waals surface area contributed by atoms with E-state index in [0.29, 0.717) is 32.5 Å². The molecule has 0 bridgehead atoms. The first-order valence-electron chi connectivity index (χ1n) is 8.47. The highest BCUT2D eigenvalue weighted by Crippen LogP contribution is 2.20. The van der Waals surface area contributed by atoms with Crippen LogP contribution in [0.3, 0.4) is 0 Å². The molecule has 5 nitrogen and oxygen atoms in total. The summed E-state index contributed by atoms with van der Waals surface area (Å²) in [4.78, 5) is 26.8. The summed E-state index contributed by atoms with van der Waals surface area (Å²) in [6.07, 6.45) is -3.14. The van der Waals surface area contributed by atoms with Crippen molar-refractivity contribution >= 4 is 11.8 Å². The van der Waals surface area contributed by atoms with Crippen LogP contribution in [0.1, 0.15) is 33.6 Å². The maximum Gasteiger partial charge on any atom is 0.406 e. The molecule has 0 aromatic rings. The Kier molecular flexibility index (Phi) is 7.99. The van der Waals surface area contributed by atoms with Crippen LogP contribution >= 0.6 is 0 Å². The van der Waals surface area contributed by atoms with Gasteiger partial charge in [-0.2, -0.15) is 13.2 Å². The fraction of sp³-hybridized carbons (Fsp3) is 0.875. The Labute approximate surface area is 141 Å². The van der Waals surface area contributed by atoms with Gasteiger partial charge in [0.05, 0.1) is 6.54 Å². The van der Waals surface area contributed by atoms with Gasteiger partial charge in [0.15, 0.2) is 0 Å². The standard InChI is InChI=1S/C16H28F3N3O2/c1-4-20-15(24)13-5-7-21(8-6-13)10-14(23)22(9-12(2)3)11-16(17,18)19/h12-13H,4-11H2,1-3H3,(H,20,24). The van der Waals surface area contributed by atoms with Crippen LogP contribution < -0.4 is 5.32 Å². The summed E-state index contributed by atoms with van der Waals surface area (Å²) in [5.74, 6) is -0.586. The Hall–Kier alpha value is -1.31. The maximum atomic E-state index is 12.7. The van der Waals surface area contributed by atoms with Crippen LogP contribution in [-0.4, -0.2) is 67.1 Å². The third-order valence-electron chi connectivity index (χ3n) is 3.98. The molecule has 0 aromatic carbocycles. The second-order valence-corrected chi connectivity index (χ2v) is 6.73. The number of nitrogens with zero attached hydrogens (tertiary/aromatic N) is 2. The lowest BCUT2D eigenvalue weighted by Crippen LogP contribution is -2.48. The zero-order valence-corrected chi connectivity index (χ0v) is 14.7. The highest BCUT2D eigenvalue weighted by atomic mass is 19.4. The minimum absolute atomic E-state index is 0.0157. The molecule has 1 aliphatic rings. The molecule has 1 heterocycles. The molecule has 24 heavy (non-hydrogen) atoms. The zero-order valence-electron chi connectivity index (χ0n) is 14.7. The van der Waals surface area contributed by atoms with E-state index in [2.05, 4.69) is 5.32 Å². The zero-order chi connectivity index (χ0) is 18.3. The van der Waals surface area contributed by atoms with E-state index in [0.717, 1.165) is 4.90 Å². The van der Waals surface area contributed by atoms with Crippen LogP contribution in [0, 0.1) is 11.8 Å². The quantitative estimate of drug-likeness (QED) is 0.762. The van der Waals surface area contributed by atoms with E-state index in [9.17, 15) is 22.8 Å². The van der Waals surface area contributed by atoms with Gasteiger partial charge in [0.25, 0.3) is 0 Å². The third-order valence-corrected chi connectivity index (χ3v) is 3.98. The van der Waals surface area contributed by atoms with Crippen molar-refractivity contribution in [2.45, 2.75) is 39.8 Å². The van der Waals surface area contributed by atoms with E-state index in [1.165, 1.54) is 0 Å². The van der Waals surface area contributed by atoms with E-state index in [4.69, 9.17) is 0 Å². The molecule has 140 valence electrons. The maximum absolute atomic E-state index is 12.7. The number of piperidine rings is 1. The molecule has 0 unspecified atom stereocenters. The molecule has 0 aliphatic carbocycles. The molecular formula is C16H28F3N3O2. The molecule has 1 aliphatic heterocycles. The molecule has 2 amide bonds. The summed E-state index contributed by atoms with van der Waals surface area (Å²) >= 11 is 0. The normalized spacial score (nSPS) is 17.1. The Balaban J connectivity index is 2.52. The Morgan fingerprint density at radius 1 is 1.25 bits per heavy atom. The first kappa shape index (κ1) is 20.7. The predicted octanol–water partition coefficient (Wildman–Crippen LogP) is 1.88. The lowest BCUT2D eigenvalue weighted by Gasteiger charge is -2.33. The van der Waals surface area contributed by atoms with E-state index in [1.54, 1.807) is 13.8 Å². The smallest absolute Gasteiger partial charge is 0.356 e. The van der Waals surface area contributed by atoms with Crippen molar-refractivity contribution in [1.29, 1.82) is 0 Å². The monoisotopic (exact) mass is 351 g/mol. The van der Waals surface area contributed by atoms with Crippen LogP contribution in [0.2, 0.25) is 0 Å². The number of carbonyl (C=O) groups excluding carboxylic acids is 2. The summed E-state index contributed by atoms with van der Waals surface area (Å²) in [5, 5.41) is 2.78. The Morgan fingerprint density at radius 3 is 2.29 bits per heavy atom. The second kappa shape index (κ2) is 9.25. The van der Waals surface area contributed by atoms with E-state index < -0.39 is 18.6 Å². The minimum atomic E-state index is -4.39. The number of nitrogens with one attached hydrogen (secondary N) is 1. The summed E-state index contributed by atoms with van der Waals surface area (Å²) in [5.41, 5.74) is 0. The molecular weight excluding hydrogens is 323 g/mol. The van der Waals surface area contributed by atoms with Gasteiger partial charge in [-0.05, 0) is 38.8 Å². The fourth-order valence-corrected chi connectivity index (χ4v) is 2.87. The van der Waals surface area contributed by atoms with Gasteiger partial charge in [-0.1, -0.05) is 13.8 Å². The van der Waals surface area contributed by atoms with Gasteiger partial charge < -0.3 is 10.2 Å². The molecule has 0 aromatic heterocycles. The van der Waals surface area contributed by atoms with E-state index in [1.807, 2.05) is 11.8 Å². The molecule has 0 saturated carbocycles. The lowest BCUT2D eigenvalue weighted by atomic mass is 9.96. The average Bonchev–Trinajstić information content (AvgIpc) is 2.45. The molecule has 8 heteroatoms. The Bertz CT molecular complexity index is 419. The molecule has 1 saturated heterocycles. The van der Waals surface area contributed by atoms with Crippen molar-refractivity contribution in [3.63, 3.8) is 0 Å². The van der Waals surface area contributed by atoms with Gasteiger partial charge in [-0.25, -0.2) is 0 Å². The summed E-state index contributed by atoms with van der Waals surface area (Å²) in [6, 6.07) is 0. The van der Waals surface area contributed by atoms with E-state index >= 15 is 0 Å². The van der Waals surface area contributed by atoms with Crippen molar-refractivity contribution in [2.75, 3.05) is 39.3 Å². The van der Waals surface area contributed by atoms with Crippen LogP contribution in [0.4, 0.5) is 13.2 Å². The highest BCUT2D eigenvalue weighted by molar-refractivity contribution is 5.79. The van der Waals surface area contributed by atoms with Gasteiger partial charge >= 0.3 is 6.18 Å². The van der Waals surface area contributed by atoms with Gasteiger partial charge in [-0.15, -0.1) is 0 Å². The first-order chi connectivity index (χ1) is 11.1. The number of hydrogen-bond acceptors (Lipinski definition) is 3. The fourth-order valence-electron chi connectivity index (χ4n) is 2.87. The minimum Gasteiger partial charge on any atom is -0.356 e. The van der Waals surface area contributed by atoms with E-state index in [-0.39, 0.29) is 30.8 Å². The largest absolute Gasteiger partial charge is 0.406 e. The highest BCUT2D eigenvalue weighted by Gasteiger charge is 2.34. The first-order valence-corrected chi connectivity index (χ1v) is 8.47. The number of rotatable bonds is 7. The molecule has 1 fully saturated rings. The van der Waals surface area contributed by atoms with Crippen molar-refractivity contribution in [3.05, 3.63) is 0 Å². The molecule has 0 radical (unpaired) electrons. The molecule has 1 N–H and O–H groups in total. The van der Waals surface area contributed by atoms with Crippen LogP contribution in [-0.2, 0) is 9.59 Å². The van der Waals surface area contributed by atoms with Gasteiger partial charge in [0.2, 0.25) is 11.8 Å². The second-order valence-electron chi connectivity index (χ2n) is 6.73. The summed E-state index contributed by atoms with van der Waals surface area (Å²) < 4.78 is 38.0.